The third kappa shape index (κ3) is 13.5. The summed E-state index contributed by atoms with van der Waals surface area (Å²) < 4.78 is 0. The third-order valence-corrected chi connectivity index (χ3v) is 2.74. The minimum Gasteiger partial charge on any atom is -0.481 e. The molecule has 1 aliphatic carbocycles. The number of rotatable bonds is 6. The molecule has 0 radical (unpaired) electrons. The van der Waals surface area contributed by atoms with Crippen molar-refractivity contribution < 1.29 is 9.90 Å². The van der Waals surface area contributed by atoms with Gasteiger partial charge in [-0.15, -0.1) is 0 Å². The van der Waals surface area contributed by atoms with Crippen LogP contribution in [0.5, 0.6) is 0 Å². The molecule has 0 aromatic carbocycles. The quantitative estimate of drug-likeness (QED) is 0.666. The molecule has 2 heteroatoms. The lowest BCUT2D eigenvalue weighted by atomic mass is 10.1. The molecular formula is C13H26O2. The number of carboxylic acid groups (broad SMARTS) is 1. The first kappa shape index (κ1) is 14.5. The Labute approximate surface area is 94.1 Å². The van der Waals surface area contributed by atoms with Gasteiger partial charge < -0.3 is 5.11 Å². The van der Waals surface area contributed by atoms with E-state index in [9.17, 15) is 4.79 Å². The lowest BCUT2D eigenvalue weighted by molar-refractivity contribution is -0.137. The van der Waals surface area contributed by atoms with E-state index < -0.39 is 5.97 Å². The maximum Gasteiger partial charge on any atom is 0.303 e. The van der Waals surface area contributed by atoms with E-state index in [4.69, 9.17) is 5.11 Å². The average molecular weight is 214 g/mol. The van der Waals surface area contributed by atoms with Gasteiger partial charge in [-0.05, 0) is 6.42 Å². The molecule has 1 aliphatic rings. The maximum absolute atomic E-state index is 10.0. The van der Waals surface area contributed by atoms with Gasteiger partial charge in [0.1, 0.15) is 0 Å². The van der Waals surface area contributed by atoms with Crippen molar-refractivity contribution in [3.05, 3.63) is 0 Å². The minimum absolute atomic E-state index is 0.337. The molecule has 0 aromatic heterocycles. The fourth-order valence-corrected chi connectivity index (χ4v) is 1.76. The molecule has 0 heterocycles. The van der Waals surface area contributed by atoms with Crippen molar-refractivity contribution in [2.45, 2.75) is 77.6 Å². The van der Waals surface area contributed by atoms with Gasteiger partial charge in [-0.3, -0.25) is 4.79 Å². The van der Waals surface area contributed by atoms with E-state index in [1.54, 1.807) is 0 Å². The zero-order valence-electron chi connectivity index (χ0n) is 10.1. The zero-order valence-corrected chi connectivity index (χ0v) is 10.1. The molecule has 0 unspecified atom stereocenters. The summed E-state index contributed by atoms with van der Waals surface area (Å²) >= 11 is 0. The zero-order chi connectivity index (χ0) is 11.4. The van der Waals surface area contributed by atoms with Gasteiger partial charge in [-0.2, -0.15) is 0 Å². The summed E-state index contributed by atoms with van der Waals surface area (Å²) in [5.74, 6) is -0.670. The molecule has 15 heavy (non-hydrogen) atoms. The van der Waals surface area contributed by atoms with Crippen LogP contribution >= 0.6 is 0 Å². The second kappa shape index (κ2) is 11.5. The molecule has 0 atom stereocenters. The van der Waals surface area contributed by atoms with Crippen molar-refractivity contribution in [3.8, 4) is 0 Å². The van der Waals surface area contributed by atoms with E-state index >= 15 is 0 Å². The molecule has 0 amide bonds. The van der Waals surface area contributed by atoms with Crippen molar-refractivity contribution in [2.24, 2.45) is 0 Å². The van der Waals surface area contributed by atoms with Gasteiger partial charge in [0, 0.05) is 6.42 Å². The van der Waals surface area contributed by atoms with Gasteiger partial charge in [-0.25, -0.2) is 0 Å². The molecule has 1 fully saturated rings. The highest BCUT2D eigenvalue weighted by atomic mass is 16.4. The molecule has 0 aromatic rings. The van der Waals surface area contributed by atoms with Gasteiger partial charge in [0.15, 0.2) is 0 Å². The standard InChI is InChI=1S/C8H16O2.C5H10/c1-2-3-4-5-6-7-8(9)10;1-2-4-5-3-1/h2-7H2,1H3,(H,9,10);1-5H2. The largest absolute Gasteiger partial charge is 0.481 e. The fraction of sp³-hybridized carbons (Fsp3) is 0.923. The average Bonchev–Trinajstić information content (AvgIpc) is 2.75. The minimum atomic E-state index is -0.670. The summed E-state index contributed by atoms with van der Waals surface area (Å²) in [7, 11) is 0. The van der Waals surface area contributed by atoms with Crippen LogP contribution in [0.25, 0.3) is 0 Å². The number of carboxylic acids is 1. The Balaban J connectivity index is 0.000000322. The van der Waals surface area contributed by atoms with Crippen LogP contribution in [0.4, 0.5) is 0 Å². The summed E-state index contributed by atoms with van der Waals surface area (Å²) in [5, 5.41) is 8.27. The number of hydrogen-bond acceptors (Lipinski definition) is 1. The summed E-state index contributed by atoms with van der Waals surface area (Å²) in [6, 6.07) is 0. The third-order valence-electron chi connectivity index (χ3n) is 2.74. The van der Waals surface area contributed by atoms with Crippen LogP contribution in [-0.2, 0) is 4.79 Å². The summed E-state index contributed by atoms with van der Waals surface area (Å²) in [4.78, 5) is 10.0. The SMILES string of the molecule is C1CCCC1.CCCCCCCC(=O)O. The van der Waals surface area contributed by atoms with Crippen molar-refractivity contribution in [1.29, 1.82) is 0 Å². The Hall–Kier alpha value is -0.530. The normalized spacial score (nSPS) is 14.5. The maximum atomic E-state index is 10.0. The molecule has 1 saturated carbocycles. The van der Waals surface area contributed by atoms with E-state index in [1.165, 1.54) is 51.4 Å². The topological polar surface area (TPSA) is 37.3 Å². The van der Waals surface area contributed by atoms with E-state index in [0.29, 0.717) is 6.42 Å². The molecule has 90 valence electrons. The first-order chi connectivity index (χ1) is 7.27. The van der Waals surface area contributed by atoms with Gasteiger partial charge >= 0.3 is 5.97 Å². The number of hydrogen-bond donors (Lipinski definition) is 1. The van der Waals surface area contributed by atoms with Crippen LogP contribution in [0.15, 0.2) is 0 Å². The molecule has 1 N–H and O–H groups in total. The second-order valence-corrected chi connectivity index (χ2v) is 4.33. The van der Waals surface area contributed by atoms with E-state index in [2.05, 4.69) is 6.92 Å². The Morgan fingerprint density at radius 3 is 1.80 bits per heavy atom. The number of aliphatic carboxylic acids is 1. The Morgan fingerprint density at radius 1 is 0.933 bits per heavy atom. The first-order valence-corrected chi connectivity index (χ1v) is 6.49. The van der Waals surface area contributed by atoms with Gasteiger partial charge in [0.2, 0.25) is 0 Å². The van der Waals surface area contributed by atoms with Crippen molar-refractivity contribution in [3.63, 3.8) is 0 Å². The van der Waals surface area contributed by atoms with Crippen molar-refractivity contribution in [1.82, 2.24) is 0 Å². The predicted molar refractivity (Wildman–Crippen MR) is 64.1 cm³/mol. The number of unbranched alkanes of at least 4 members (excludes halogenated alkanes) is 4. The van der Waals surface area contributed by atoms with Crippen LogP contribution in [-0.4, -0.2) is 11.1 Å². The van der Waals surface area contributed by atoms with E-state index in [1.807, 2.05) is 0 Å². The van der Waals surface area contributed by atoms with Gasteiger partial charge in [-0.1, -0.05) is 64.7 Å². The van der Waals surface area contributed by atoms with E-state index in [0.717, 1.165) is 12.8 Å². The van der Waals surface area contributed by atoms with Gasteiger partial charge in [0.25, 0.3) is 0 Å². The molecule has 1 rings (SSSR count). The Bertz CT molecular complexity index is 132. The fourth-order valence-electron chi connectivity index (χ4n) is 1.76. The Kier molecular flexibility index (Phi) is 11.1. The molecule has 0 aliphatic heterocycles. The molecule has 0 bridgehead atoms. The van der Waals surface area contributed by atoms with Crippen molar-refractivity contribution >= 4 is 5.97 Å². The Morgan fingerprint density at radius 2 is 1.40 bits per heavy atom. The smallest absolute Gasteiger partial charge is 0.303 e. The highest BCUT2D eigenvalue weighted by Crippen LogP contribution is 2.15. The van der Waals surface area contributed by atoms with Crippen LogP contribution in [0.2, 0.25) is 0 Å². The van der Waals surface area contributed by atoms with Crippen LogP contribution in [0.1, 0.15) is 77.6 Å². The predicted octanol–water partition coefficient (Wildman–Crippen LogP) is 4.38. The highest BCUT2D eigenvalue weighted by molar-refractivity contribution is 5.66. The molecule has 2 nitrogen and oxygen atoms in total. The highest BCUT2D eigenvalue weighted by Gasteiger charge is 1.95. The lowest BCUT2D eigenvalue weighted by Gasteiger charge is -1.95. The summed E-state index contributed by atoms with van der Waals surface area (Å²) in [5.41, 5.74) is 0. The van der Waals surface area contributed by atoms with Crippen molar-refractivity contribution in [2.75, 3.05) is 0 Å². The summed E-state index contributed by atoms with van der Waals surface area (Å²) in [6.07, 6.45) is 13.4. The summed E-state index contributed by atoms with van der Waals surface area (Å²) in [6.45, 7) is 2.15. The van der Waals surface area contributed by atoms with Crippen LogP contribution in [0, 0.1) is 0 Å². The second-order valence-electron chi connectivity index (χ2n) is 4.33. The molecule has 0 spiro atoms. The molecule has 0 saturated heterocycles. The van der Waals surface area contributed by atoms with Crippen LogP contribution < -0.4 is 0 Å². The first-order valence-electron chi connectivity index (χ1n) is 6.49. The van der Waals surface area contributed by atoms with E-state index in [-0.39, 0.29) is 0 Å². The van der Waals surface area contributed by atoms with Crippen LogP contribution in [0.3, 0.4) is 0 Å². The monoisotopic (exact) mass is 214 g/mol. The number of carbonyl (C=O) groups is 1. The van der Waals surface area contributed by atoms with Gasteiger partial charge in [0.05, 0.1) is 0 Å². The molecular weight excluding hydrogens is 188 g/mol. The lowest BCUT2D eigenvalue weighted by Crippen LogP contribution is -1.93.